The number of carbonyl (C=O) groups is 2. The molecule has 1 fully saturated rings. The number of amides is 2. The van der Waals surface area contributed by atoms with Crippen molar-refractivity contribution in [2.75, 3.05) is 39.3 Å². The van der Waals surface area contributed by atoms with Crippen molar-refractivity contribution in [3.05, 3.63) is 53.6 Å². The first-order valence-corrected chi connectivity index (χ1v) is 8.91. The Morgan fingerprint density at radius 1 is 1.07 bits per heavy atom. The monoisotopic (exact) mass is 366 g/mol. The molecule has 27 heavy (non-hydrogen) atoms. The molecule has 0 radical (unpaired) electrons. The largest absolute Gasteiger partial charge is 0.493 e. The molecule has 0 aromatic heterocycles. The van der Waals surface area contributed by atoms with Crippen molar-refractivity contribution in [3.8, 4) is 11.5 Å². The summed E-state index contributed by atoms with van der Waals surface area (Å²) >= 11 is 0. The molecular formula is C21H22N2O4. The Labute approximate surface area is 158 Å². The maximum Gasteiger partial charge on any atom is 0.254 e. The van der Waals surface area contributed by atoms with Gasteiger partial charge in [-0.1, -0.05) is 18.2 Å². The highest BCUT2D eigenvalue weighted by Gasteiger charge is 2.54. The summed E-state index contributed by atoms with van der Waals surface area (Å²) in [5, 5.41) is 0. The SMILES string of the molecule is COc1ccc(C(=O)N2CC[C@@]3(C2)C(=O)N(C)c2ccccc23)cc1OC. The summed E-state index contributed by atoms with van der Waals surface area (Å²) in [5.74, 6) is 1.05. The molecule has 1 spiro atoms. The Morgan fingerprint density at radius 3 is 2.56 bits per heavy atom. The molecule has 2 aromatic rings. The zero-order valence-corrected chi connectivity index (χ0v) is 15.7. The van der Waals surface area contributed by atoms with Gasteiger partial charge >= 0.3 is 0 Å². The number of likely N-dealkylation sites (N-methyl/N-ethyl adjacent to an activating group) is 1. The quantitative estimate of drug-likeness (QED) is 0.837. The van der Waals surface area contributed by atoms with Gasteiger partial charge in [0.2, 0.25) is 5.91 Å². The number of para-hydroxylation sites is 1. The van der Waals surface area contributed by atoms with Crippen LogP contribution in [0, 0.1) is 0 Å². The van der Waals surface area contributed by atoms with E-state index in [1.54, 1.807) is 49.3 Å². The van der Waals surface area contributed by atoms with Gasteiger partial charge in [0.1, 0.15) is 0 Å². The molecular weight excluding hydrogens is 344 g/mol. The molecule has 0 N–H and O–H groups in total. The number of hydrogen-bond acceptors (Lipinski definition) is 4. The van der Waals surface area contributed by atoms with E-state index in [0.29, 0.717) is 36.6 Å². The molecule has 0 aliphatic carbocycles. The predicted molar refractivity (Wildman–Crippen MR) is 102 cm³/mol. The first kappa shape index (κ1) is 17.4. The number of carbonyl (C=O) groups excluding carboxylic acids is 2. The molecule has 2 aliphatic rings. The molecule has 2 amide bonds. The summed E-state index contributed by atoms with van der Waals surface area (Å²) in [6.45, 7) is 0.932. The van der Waals surface area contributed by atoms with Gasteiger partial charge in [-0.15, -0.1) is 0 Å². The van der Waals surface area contributed by atoms with E-state index in [0.717, 1.165) is 11.3 Å². The third-order valence-electron chi connectivity index (χ3n) is 5.68. The molecule has 0 bridgehead atoms. The van der Waals surface area contributed by atoms with Gasteiger partial charge in [-0.3, -0.25) is 9.59 Å². The highest BCUT2D eigenvalue weighted by molar-refractivity contribution is 6.09. The highest BCUT2D eigenvalue weighted by Crippen LogP contribution is 2.46. The lowest BCUT2D eigenvalue weighted by molar-refractivity contribution is -0.122. The summed E-state index contributed by atoms with van der Waals surface area (Å²) in [6.07, 6.45) is 0.631. The highest BCUT2D eigenvalue weighted by atomic mass is 16.5. The fourth-order valence-corrected chi connectivity index (χ4v) is 4.25. The lowest BCUT2D eigenvalue weighted by Gasteiger charge is -2.23. The Balaban J connectivity index is 1.64. The molecule has 2 aromatic carbocycles. The fraction of sp³-hybridized carbons (Fsp3) is 0.333. The first-order chi connectivity index (χ1) is 13.0. The zero-order chi connectivity index (χ0) is 19.2. The number of rotatable bonds is 3. The van der Waals surface area contributed by atoms with Gasteiger partial charge in [0, 0.05) is 31.4 Å². The lowest BCUT2D eigenvalue weighted by Crippen LogP contribution is -2.42. The molecule has 0 saturated carbocycles. The second kappa shape index (κ2) is 6.30. The topological polar surface area (TPSA) is 59.1 Å². The van der Waals surface area contributed by atoms with E-state index in [9.17, 15) is 9.59 Å². The summed E-state index contributed by atoms with van der Waals surface area (Å²) < 4.78 is 10.5. The summed E-state index contributed by atoms with van der Waals surface area (Å²) in [7, 11) is 4.90. The molecule has 2 heterocycles. The number of methoxy groups -OCH3 is 2. The van der Waals surface area contributed by atoms with E-state index in [-0.39, 0.29) is 11.8 Å². The fourth-order valence-electron chi connectivity index (χ4n) is 4.25. The van der Waals surface area contributed by atoms with Crippen LogP contribution < -0.4 is 14.4 Å². The summed E-state index contributed by atoms with van der Waals surface area (Å²) in [5.41, 5.74) is 1.83. The number of benzene rings is 2. The van der Waals surface area contributed by atoms with Crippen LogP contribution in [0.3, 0.4) is 0 Å². The normalized spacial score (nSPS) is 20.9. The molecule has 1 saturated heterocycles. The molecule has 2 aliphatic heterocycles. The van der Waals surface area contributed by atoms with Crippen molar-refractivity contribution in [2.45, 2.75) is 11.8 Å². The minimum absolute atomic E-state index is 0.0614. The van der Waals surface area contributed by atoms with E-state index in [1.165, 1.54) is 0 Å². The Hall–Kier alpha value is -3.02. The van der Waals surface area contributed by atoms with Gasteiger partial charge in [-0.2, -0.15) is 0 Å². The van der Waals surface area contributed by atoms with Crippen molar-refractivity contribution in [1.29, 1.82) is 0 Å². The lowest BCUT2D eigenvalue weighted by atomic mass is 9.81. The van der Waals surface area contributed by atoms with E-state index in [2.05, 4.69) is 0 Å². The van der Waals surface area contributed by atoms with Crippen molar-refractivity contribution in [2.24, 2.45) is 0 Å². The molecule has 1 atom stereocenters. The minimum atomic E-state index is -0.641. The average molecular weight is 366 g/mol. The Morgan fingerprint density at radius 2 is 1.81 bits per heavy atom. The van der Waals surface area contributed by atoms with Crippen LogP contribution in [0.1, 0.15) is 22.3 Å². The molecule has 6 heteroatoms. The number of ether oxygens (including phenoxy) is 2. The smallest absolute Gasteiger partial charge is 0.254 e. The van der Waals surface area contributed by atoms with Gasteiger partial charge in [0.15, 0.2) is 11.5 Å². The Kier molecular flexibility index (Phi) is 4.06. The van der Waals surface area contributed by atoms with Gasteiger partial charge in [-0.05, 0) is 36.2 Å². The van der Waals surface area contributed by atoms with E-state index >= 15 is 0 Å². The van der Waals surface area contributed by atoms with E-state index < -0.39 is 5.41 Å². The van der Waals surface area contributed by atoms with Crippen molar-refractivity contribution >= 4 is 17.5 Å². The van der Waals surface area contributed by atoms with Crippen molar-refractivity contribution < 1.29 is 19.1 Å². The van der Waals surface area contributed by atoms with Crippen LogP contribution in [0.2, 0.25) is 0 Å². The van der Waals surface area contributed by atoms with E-state index in [4.69, 9.17) is 9.47 Å². The Bertz CT molecular complexity index is 926. The van der Waals surface area contributed by atoms with Gasteiger partial charge in [-0.25, -0.2) is 0 Å². The van der Waals surface area contributed by atoms with Crippen LogP contribution in [0.25, 0.3) is 0 Å². The number of anilines is 1. The van der Waals surface area contributed by atoms with Crippen LogP contribution in [-0.2, 0) is 10.2 Å². The minimum Gasteiger partial charge on any atom is -0.493 e. The molecule has 140 valence electrons. The number of likely N-dealkylation sites (tertiary alicyclic amines) is 1. The third-order valence-corrected chi connectivity index (χ3v) is 5.68. The zero-order valence-electron chi connectivity index (χ0n) is 15.7. The summed E-state index contributed by atoms with van der Waals surface area (Å²) in [4.78, 5) is 29.6. The maximum absolute atomic E-state index is 13.1. The first-order valence-electron chi connectivity index (χ1n) is 8.91. The van der Waals surface area contributed by atoms with Crippen molar-refractivity contribution in [3.63, 3.8) is 0 Å². The van der Waals surface area contributed by atoms with Crippen LogP contribution in [-0.4, -0.2) is 51.1 Å². The number of hydrogen-bond donors (Lipinski definition) is 0. The predicted octanol–water partition coefficient (Wildman–Crippen LogP) is 2.46. The van der Waals surface area contributed by atoms with Crippen LogP contribution in [0.5, 0.6) is 11.5 Å². The van der Waals surface area contributed by atoms with E-state index in [1.807, 2.05) is 24.3 Å². The maximum atomic E-state index is 13.1. The molecule has 6 nitrogen and oxygen atoms in total. The third kappa shape index (κ3) is 2.47. The standard InChI is InChI=1S/C21H22N2O4/c1-22-16-7-5-4-6-15(16)21(20(22)25)10-11-23(13-21)19(24)14-8-9-17(26-2)18(12-14)27-3/h4-9,12H,10-11,13H2,1-3H3/t21-/m0/s1. The molecule has 0 unspecified atom stereocenters. The van der Waals surface area contributed by atoms with Crippen molar-refractivity contribution in [1.82, 2.24) is 4.90 Å². The molecule has 4 rings (SSSR count). The van der Waals surface area contributed by atoms with Gasteiger partial charge in [0.05, 0.1) is 19.6 Å². The van der Waals surface area contributed by atoms with Crippen LogP contribution >= 0.6 is 0 Å². The number of fused-ring (bicyclic) bond motifs is 2. The number of nitrogens with zero attached hydrogens (tertiary/aromatic N) is 2. The summed E-state index contributed by atoms with van der Waals surface area (Å²) in [6, 6.07) is 13.0. The second-order valence-corrected chi connectivity index (χ2v) is 7.01. The average Bonchev–Trinajstić information content (AvgIpc) is 3.25. The van der Waals surface area contributed by atoms with Crippen LogP contribution in [0.15, 0.2) is 42.5 Å². The van der Waals surface area contributed by atoms with Gasteiger partial charge in [0.25, 0.3) is 5.91 Å². The van der Waals surface area contributed by atoms with Gasteiger partial charge < -0.3 is 19.3 Å². The van der Waals surface area contributed by atoms with Crippen LogP contribution in [0.4, 0.5) is 5.69 Å². The second-order valence-electron chi connectivity index (χ2n) is 7.01.